The maximum Gasteiger partial charge on any atom is 0.321 e. The Labute approximate surface area is 76.2 Å². The summed E-state index contributed by atoms with van der Waals surface area (Å²) in [7, 11) is 0. The second kappa shape index (κ2) is 4.45. The molecule has 0 radical (unpaired) electrons. The lowest BCUT2D eigenvalue weighted by atomic mass is 9.81. The SMILES string of the molecule is C=CCC(CC=C)(C(=O)O)C(=O)O. The van der Waals surface area contributed by atoms with Crippen molar-refractivity contribution < 1.29 is 19.8 Å². The largest absolute Gasteiger partial charge is 0.480 e. The molecule has 72 valence electrons. The van der Waals surface area contributed by atoms with Crippen LogP contribution in [0.5, 0.6) is 0 Å². The van der Waals surface area contributed by atoms with Crippen molar-refractivity contribution in [1.29, 1.82) is 0 Å². The molecule has 0 atom stereocenters. The molecule has 2 N–H and O–H groups in total. The maximum absolute atomic E-state index is 10.8. The molecule has 0 aliphatic rings. The quantitative estimate of drug-likeness (QED) is 0.482. The number of allylic oxidation sites excluding steroid dienone is 2. The highest BCUT2D eigenvalue weighted by atomic mass is 16.4. The minimum absolute atomic E-state index is 0.107. The molecule has 0 aromatic rings. The van der Waals surface area contributed by atoms with Crippen LogP contribution in [0.4, 0.5) is 0 Å². The predicted molar refractivity (Wildman–Crippen MR) is 47.3 cm³/mol. The summed E-state index contributed by atoms with van der Waals surface area (Å²) in [5, 5.41) is 17.6. The number of carboxylic acids is 2. The van der Waals surface area contributed by atoms with Gasteiger partial charge in [-0.05, 0) is 12.8 Å². The van der Waals surface area contributed by atoms with E-state index < -0.39 is 17.4 Å². The van der Waals surface area contributed by atoms with E-state index in [0.717, 1.165) is 0 Å². The standard InChI is InChI=1S/C9H12O4/c1-3-5-9(6-4-2,7(10)11)8(12)13/h3-4H,1-2,5-6H2,(H,10,11)(H,12,13). The Balaban J connectivity index is 5.02. The molecule has 0 aromatic carbocycles. The van der Waals surface area contributed by atoms with Gasteiger partial charge in [0.2, 0.25) is 0 Å². The first-order chi connectivity index (χ1) is 6.01. The maximum atomic E-state index is 10.8. The molecular weight excluding hydrogens is 172 g/mol. The van der Waals surface area contributed by atoms with Gasteiger partial charge in [0.1, 0.15) is 0 Å². The van der Waals surface area contributed by atoms with Crippen LogP contribution in [0.15, 0.2) is 25.3 Å². The number of aliphatic carboxylic acids is 2. The lowest BCUT2D eigenvalue weighted by molar-refractivity contribution is -0.164. The lowest BCUT2D eigenvalue weighted by Crippen LogP contribution is -2.38. The molecule has 0 saturated carbocycles. The highest BCUT2D eigenvalue weighted by Crippen LogP contribution is 2.28. The van der Waals surface area contributed by atoms with E-state index in [4.69, 9.17) is 10.2 Å². The third-order valence-electron chi connectivity index (χ3n) is 1.80. The van der Waals surface area contributed by atoms with E-state index in [1.54, 1.807) is 0 Å². The van der Waals surface area contributed by atoms with Gasteiger partial charge in [0.15, 0.2) is 5.41 Å². The van der Waals surface area contributed by atoms with E-state index >= 15 is 0 Å². The zero-order valence-corrected chi connectivity index (χ0v) is 7.19. The van der Waals surface area contributed by atoms with Crippen molar-refractivity contribution in [3.63, 3.8) is 0 Å². The molecule has 0 heterocycles. The Hall–Kier alpha value is -1.58. The Morgan fingerprint density at radius 3 is 1.54 bits per heavy atom. The van der Waals surface area contributed by atoms with E-state index in [-0.39, 0.29) is 12.8 Å². The number of carboxylic acid groups (broad SMARTS) is 2. The van der Waals surface area contributed by atoms with Gasteiger partial charge < -0.3 is 10.2 Å². The first-order valence-corrected chi connectivity index (χ1v) is 3.70. The van der Waals surface area contributed by atoms with Crippen LogP contribution >= 0.6 is 0 Å². The highest BCUT2D eigenvalue weighted by molar-refractivity contribution is 5.98. The third kappa shape index (κ3) is 2.18. The normalized spacial score (nSPS) is 10.5. The van der Waals surface area contributed by atoms with E-state index in [1.807, 2.05) is 0 Å². The molecule has 0 rings (SSSR count). The summed E-state index contributed by atoms with van der Waals surface area (Å²) in [4.78, 5) is 21.5. The van der Waals surface area contributed by atoms with E-state index in [1.165, 1.54) is 12.2 Å². The molecule has 0 bridgehead atoms. The fraction of sp³-hybridized carbons (Fsp3) is 0.333. The third-order valence-corrected chi connectivity index (χ3v) is 1.80. The molecule has 4 heteroatoms. The van der Waals surface area contributed by atoms with Crippen molar-refractivity contribution >= 4 is 11.9 Å². The first-order valence-electron chi connectivity index (χ1n) is 3.70. The monoisotopic (exact) mass is 184 g/mol. The van der Waals surface area contributed by atoms with Crippen LogP contribution < -0.4 is 0 Å². The summed E-state index contributed by atoms with van der Waals surface area (Å²) in [5.74, 6) is -2.72. The van der Waals surface area contributed by atoms with Crippen LogP contribution in [0.25, 0.3) is 0 Å². The zero-order valence-electron chi connectivity index (χ0n) is 7.19. The van der Waals surface area contributed by atoms with Crippen molar-refractivity contribution in [2.45, 2.75) is 12.8 Å². The minimum atomic E-state index is -1.80. The predicted octanol–water partition coefficient (Wildman–Crippen LogP) is 1.29. The Morgan fingerprint density at radius 2 is 1.38 bits per heavy atom. The Morgan fingerprint density at radius 1 is 1.08 bits per heavy atom. The molecule has 0 aliphatic heterocycles. The van der Waals surface area contributed by atoms with Crippen molar-refractivity contribution in [1.82, 2.24) is 0 Å². The summed E-state index contributed by atoms with van der Waals surface area (Å²) in [6, 6.07) is 0. The van der Waals surface area contributed by atoms with Crippen molar-refractivity contribution in [2.24, 2.45) is 5.41 Å². The van der Waals surface area contributed by atoms with Gasteiger partial charge in [-0.3, -0.25) is 9.59 Å². The number of hydrogen-bond acceptors (Lipinski definition) is 2. The smallest absolute Gasteiger partial charge is 0.321 e. The summed E-state index contributed by atoms with van der Waals surface area (Å²) >= 11 is 0. The van der Waals surface area contributed by atoms with E-state index in [9.17, 15) is 9.59 Å². The average Bonchev–Trinajstić information content (AvgIpc) is 2.03. The van der Waals surface area contributed by atoms with Gasteiger partial charge >= 0.3 is 11.9 Å². The lowest BCUT2D eigenvalue weighted by Gasteiger charge is -2.21. The van der Waals surface area contributed by atoms with Gasteiger partial charge in [-0.25, -0.2) is 0 Å². The summed E-state index contributed by atoms with van der Waals surface area (Å²) in [6.45, 7) is 6.66. The zero-order chi connectivity index (χ0) is 10.5. The van der Waals surface area contributed by atoms with Gasteiger partial charge in [-0.2, -0.15) is 0 Å². The topological polar surface area (TPSA) is 74.6 Å². The fourth-order valence-electron chi connectivity index (χ4n) is 1.02. The van der Waals surface area contributed by atoms with E-state index in [0.29, 0.717) is 0 Å². The molecule has 4 nitrogen and oxygen atoms in total. The van der Waals surface area contributed by atoms with Crippen molar-refractivity contribution in [2.75, 3.05) is 0 Å². The second-order valence-corrected chi connectivity index (χ2v) is 2.68. The van der Waals surface area contributed by atoms with Crippen LogP contribution in [0.3, 0.4) is 0 Å². The van der Waals surface area contributed by atoms with Gasteiger partial charge in [-0.15, -0.1) is 13.2 Å². The van der Waals surface area contributed by atoms with Crippen LogP contribution in [0.2, 0.25) is 0 Å². The molecule has 13 heavy (non-hydrogen) atoms. The Kier molecular flexibility index (Phi) is 3.91. The fourth-order valence-corrected chi connectivity index (χ4v) is 1.02. The van der Waals surface area contributed by atoms with Gasteiger partial charge in [0.05, 0.1) is 0 Å². The molecule has 0 amide bonds. The molecule has 0 spiro atoms. The van der Waals surface area contributed by atoms with E-state index in [2.05, 4.69) is 13.2 Å². The number of hydrogen-bond donors (Lipinski definition) is 2. The van der Waals surface area contributed by atoms with Crippen molar-refractivity contribution in [3.05, 3.63) is 25.3 Å². The van der Waals surface area contributed by atoms with Gasteiger partial charge in [-0.1, -0.05) is 12.2 Å². The van der Waals surface area contributed by atoms with Crippen molar-refractivity contribution in [3.8, 4) is 0 Å². The van der Waals surface area contributed by atoms with Crippen LogP contribution in [-0.4, -0.2) is 22.2 Å². The van der Waals surface area contributed by atoms with Gasteiger partial charge in [0, 0.05) is 0 Å². The highest BCUT2D eigenvalue weighted by Gasteiger charge is 2.44. The van der Waals surface area contributed by atoms with Crippen LogP contribution in [-0.2, 0) is 9.59 Å². The van der Waals surface area contributed by atoms with Crippen LogP contribution in [0.1, 0.15) is 12.8 Å². The number of rotatable bonds is 6. The summed E-state index contributed by atoms with van der Waals surface area (Å²) in [5.41, 5.74) is -1.80. The second-order valence-electron chi connectivity index (χ2n) is 2.68. The Bertz CT molecular complexity index is 216. The molecule has 0 aliphatic carbocycles. The average molecular weight is 184 g/mol. The number of carbonyl (C=O) groups is 2. The molecule has 0 unspecified atom stereocenters. The molecular formula is C9H12O4. The summed E-state index contributed by atoms with van der Waals surface area (Å²) in [6.07, 6.45) is 2.35. The molecule has 0 aromatic heterocycles. The van der Waals surface area contributed by atoms with Gasteiger partial charge in [0.25, 0.3) is 0 Å². The summed E-state index contributed by atoms with van der Waals surface area (Å²) < 4.78 is 0. The molecule has 0 fully saturated rings. The van der Waals surface area contributed by atoms with Crippen LogP contribution in [0, 0.1) is 5.41 Å². The first kappa shape index (κ1) is 11.4. The molecule has 0 saturated heterocycles. The minimum Gasteiger partial charge on any atom is -0.480 e.